The number of benzene rings is 1. The maximum absolute atomic E-state index is 12.7. The molecule has 2 amide bonds. The second-order valence-electron chi connectivity index (χ2n) is 7.66. The van der Waals surface area contributed by atoms with Crippen LogP contribution in [0, 0.1) is 23.2 Å². The summed E-state index contributed by atoms with van der Waals surface area (Å²) < 4.78 is 0. The zero-order valence-corrected chi connectivity index (χ0v) is 16.1. The predicted octanol–water partition coefficient (Wildman–Crippen LogP) is 1.99. The maximum atomic E-state index is 12.7. The average molecular weight is 380 g/mol. The number of nitriles is 1. The lowest BCUT2D eigenvalue weighted by Gasteiger charge is -2.21. The standard InChI is InChI=1S/C22H28N4O2/c23-15-19(14-18-10-12-25-21(18)27)26-22(28)20(13-17-8-9-17)24-11-4-7-16-5-2-1-3-6-16/h1-7,17-20,24H,8-14H2,(H,25,27)(H,26,28)/b7-4+/t18-,19-,20-/m0/s1. The van der Waals surface area contributed by atoms with E-state index in [9.17, 15) is 14.9 Å². The smallest absolute Gasteiger partial charge is 0.238 e. The van der Waals surface area contributed by atoms with Crippen LogP contribution in [0.5, 0.6) is 0 Å². The molecule has 6 heteroatoms. The molecule has 28 heavy (non-hydrogen) atoms. The molecular formula is C22H28N4O2. The number of rotatable bonds is 10. The fraction of sp³-hybridized carbons (Fsp3) is 0.500. The molecule has 2 aliphatic rings. The van der Waals surface area contributed by atoms with Gasteiger partial charge in [0, 0.05) is 19.0 Å². The van der Waals surface area contributed by atoms with E-state index in [-0.39, 0.29) is 23.8 Å². The lowest BCUT2D eigenvalue weighted by Crippen LogP contribution is -2.48. The quantitative estimate of drug-likeness (QED) is 0.579. The molecule has 148 valence electrons. The summed E-state index contributed by atoms with van der Waals surface area (Å²) in [4.78, 5) is 24.5. The summed E-state index contributed by atoms with van der Waals surface area (Å²) in [5.41, 5.74) is 1.12. The molecule has 1 aromatic rings. The van der Waals surface area contributed by atoms with Gasteiger partial charge in [-0.25, -0.2) is 0 Å². The first-order valence-corrected chi connectivity index (χ1v) is 10.1. The van der Waals surface area contributed by atoms with Gasteiger partial charge in [0.2, 0.25) is 11.8 Å². The van der Waals surface area contributed by atoms with Crippen LogP contribution in [0.2, 0.25) is 0 Å². The Bertz CT molecular complexity index is 737. The van der Waals surface area contributed by atoms with Gasteiger partial charge in [0.1, 0.15) is 6.04 Å². The van der Waals surface area contributed by atoms with Crippen LogP contribution in [0.15, 0.2) is 36.4 Å². The topological polar surface area (TPSA) is 94.0 Å². The van der Waals surface area contributed by atoms with E-state index in [1.165, 1.54) is 0 Å². The second kappa shape index (κ2) is 10.0. The highest BCUT2D eigenvalue weighted by Gasteiger charge is 2.32. The number of hydrogen-bond donors (Lipinski definition) is 3. The first kappa shape index (κ1) is 20.1. The van der Waals surface area contributed by atoms with Crippen molar-refractivity contribution in [1.82, 2.24) is 16.0 Å². The third-order valence-corrected chi connectivity index (χ3v) is 5.33. The Morgan fingerprint density at radius 1 is 1.25 bits per heavy atom. The largest absolute Gasteiger partial charge is 0.356 e. The number of hydrogen-bond acceptors (Lipinski definition) is 4. The van der Waals surface area contributed by atoms with Crippen molar-refractivity contribution in [2.75, 3.05) is 13.1 Å². The number of nitrogens with zero attached hydrogens (tertiary/aromatic N) is 1. The van der Waals surface area contributed by atoms with E-state index in [0.717, 1.165) is 31.2 Å². The molecule has 1 aliphatic heterocycles. The molecule has 1 aromatic carbocycles. The van der Waals surface area contributed by atoms with Gasteiger partial charge in [-0.1, -0.05) is 55.3 Å². The zero-order chi connectivity index (χ0) is 19.8. The van der Waals surface area contributed by atoms with Crippen LogP contribution in [-0.2, 0) is 9.59 Å². The average Bonchev–Trinajstić information content (AvgIpc) is 3.45. The molecule has 1 saturated heterocycles. The SMILES string of the molecule is N#C[C@H](C[C@@H]1CCNC1=O)NC(=O)[C@H](CC1CC1)NC/C=C/c1ccccc1. The minimum Gasteiger partial charge on any atom is -0.356 e. The minimum atomic E-state index is -0.635. The Morgan fingerprint density at radius 3 is 2.68 bits per heavy atom. The molecule has 6 nitrogen and oxygen atoms in total. The monoisotopic (exact) mass is 380 g/mol. The number of carbonyl (C=O) groups excluding carboxylic acids is 2. The molecule has 0 unspecified atom stereocenters. The molecule has 2 fully saturated rings. The van der Waals surface area contributed by atoms with Crippen LogP contribution < -0.4 is 16.0 Å². The van der Waals surface area contributed by atoms with Crippen molar-refractivity contribution in [3.05, 3.63) is 42.0 Å². The van der Waals surface area contributed by atoms with Crippen molar-refractivity contribution < 1.29 is 9.59 Å². The summed E-state index contributed by atoms with van der Waals surface area (Å²) in [5.74, 6) is 0.231. The van der Waals surface area contributed by atoms with Crippen molar-refractivity contribution in [1.29, 1.82) is 5.26 Å². The van der Waals surface area contributed by atoms with Gasteiger partial charge in [-0.05, 0) is 30.7 Å². The summed E-state index contributed by atoms with van der Waals surface area (Å²) in [7, 11) is 0. The van der Waals surface area contributed by atoms with Crippen molar-refractivity contribution in [3.63, 3.8) is 0 Å². The van der Waals surface area contributed by atoms with E-state index < -0.39 is 6.04 Å². The summed E-state index contributed by atoms with van der Waals surface area (Å²) in [5, 5.41) is 18.3. The van der Waals surface area contributed by atoms with E-state index in [4.69, 9.17) is 0 Å². The van der Waals surface area contributed by atoms with Crippen LogP contribution in [0.25, 0.3) is 6.08 Å². The third-order valence-electron chi connectivity index (χ3n) is 5.33. The lowest BCUT2D eigenvalue weighted by atomic mass is 9.98. The summed E-state index contributed by atoms with van der Waals surface area (Å²) in [6.45, 7) is 1.23. The first-order valence-electron chi connectivity index (χ1n) is 10.1. The first-order chi connectivity index (χ1) is 13.7. The molecule has 0 radical (unpaired) electrons. The van der Waals surface area contributed by atoms with Crippen LogP contribution >= 0.6 is 0 Å². The number of amides is 2. The van der Waals surface area contributed by atoms with Crippen molar-refractivity contribution in [2.24, 2.45) is 11.8 Å². The maximum Gasteiger partial charge on any atom is 0.238 e. The molecule has 1 heterocycles. The van der Waals surface area contributed by atoms with Gasteiger partial charge in [-0.3, -0.25) is 9.59 Å². The van der Waals surface area contributed by atoms with Gasteiger partial charge < -0.3 is 16.0 Å². The van der Waals surface area contributed by atoms with Gasteiger partial charge in [0.05, 0.1) is 12.1 Å². The molecule has 0 aromatic heterocycles. The molecule has 3 N–H and O–H groups in total. The highest BCUT2D eigenvalue weighted by atomic mass is 16.2. The Kier molecular flexibility index (Phi) is 7.21. The van der Waals surface area contributed by atoms with E-state index in [1.807, 2.05) is 42.5 Å². The summed E-state index contributed by atoms with van der Waals surface area (Å²) in [6, 6.07) is 11.2. The fourth-order valence-electron chi connectivity index (χ4n) is 3.51. The number of carbonyl (C=O) groups is 2. The van der Waals surface area contributed by atoms with Gasteiger partial charge in [-0.2, -0.15) is 5.26 Å². The Morgan fingerprint density at radius 2 is 2.04 bits per heavy atom. The second-order valence-corrected chi connectivity index (χ2v) is 7.66. The van der Waals surface area contributed by atoms with Gasteiger partial charge >= 0.3 is 0 Å². The highest BCUT2D eigenvalue weighted by Crippen LogP contribution is 2.33. The molecule has 3 rings (SSSR count). The molecule has 1 saturated carbocycles. The molecular weight excluding hydrogens is 352 g/mol. The molecule has 0 bridgehead atoms. The summed E-state index contributed by atoms with van der Waals surface area (Å²) in [6.07, 6.45) is 8.24. The Hall–Kier alpha value is -2.65. The van der Waals surface area contributed by atoms with E-state index in [1.54, 1.807) is 0 Å². The van der Waals surface area contributed by atoms with Gasteiger partial charge in [0.15, 0.2) is 0 Å². The van der Waals surface area contributed by atoms with Gasteiger partial charge in [-0.15, -0.1) is 0 Å². The zero-order valence-electron chi connectivity index (χ0n) is 16.1. The van der Waals surface area contributed by atoms with Crippen LogP contribution in [0.4, 0.5) is 0 Å². The summed E-state index contributed by atoms with van der Waals surface area (Å²) >= 11 is 0. The van der Waals surface area contributed by atoms with Crippen LogP contribution in [-0.4, -0.2) is 37.0 Å². The van der Waals surface area contributed by atoms with Gasteiger partial charge in [0.25, 0.3) is 0 Å². The molecule has 1 aliphatic carbocycles. The lowest BCUT2D eigenvalue weighted by molar-refractivity contribution is -0.125. The van der Waals surface area contributed by atoms with Crippen molar-refractivity contribution in [2.45, 2.75) is 44.2 Å². The molecule has 3 atom stereocenters. The van der Waals surface area contributed by atoms with E-state index >= 15 is 0 Å². The van der Waals surface area contributed by atoms with E-state index in [0.29, 0.717) is 25.4 Å². The Labute approximate surface area is 166 Å². The van der Waals surface area contributed by atoms with Crippen LogP contribution in [0.1, 0.15) is 37.7 Å². The van der Waals surface area contributed by atoms with E-state index in [2.05, 4.69) is 22.0 Å². The third kappa shape index (κ3) is 6.21. The predicted molar refractivity (Wildman–Crippen MR) is 108 cm³/mol. The Balaban J connectivity index is 1.51. The number of nitrogens with one attached hydrogen (secondary N) is 3. The minimum absolute atomic E-state index is 0.0202. The fourth-order valence-corrected chi connectivity index (χ4v) is 3.51. The van der Waals surface area contributed by atoms with Crippen molar-refractivity contribution >= 4 is 17.9 Å². The molecule has 0 spiro atoms. The normalized spacial score (nSPS) is 21.1. The van der Waals surface area contributed by atoms with Crippen molar-refractivity contribution in [3.8, 4) is 6.07 Å². The van der Waals surface area contributed by atoms with Crippen LogP contribution in [0.3, 0.4) is 0 Å². The highest BCUT2D eigenvalue weighted by molar-refractivity contribution is 5.83.